The van der Waals surface area contributed by atoms with Crippen LogP contribution in [0.25, 0.3) is 0 Å². The van der Waals surface area contributed by atoms with Crippen LogP contribution < -0.4 is 10.6 Å². The van der Waals surface area contributed by atoms with Gasteiger partial charge in [-0.2, -0.15) is 0 Å². The van der Waals surface area contributed by atoms with Crippen molar-refractivity contribution >= 4 is 5.96 Å². The van der Waals surface area contributed by atoms with Crippen LogP contribution in [-0.2, 0) is 16.1 Å². The summed E-state index contributed by atoms with van der Waals surface area (Å²) < 4.78 is 11.2. The largest absolute Gasteiger partial charge is 0.379 e. The van der Waals surface area contributed by atoms with Gasteiger partial charge < -0.3 is 20.1 Å². The molecule has 0 saturated carbocycles. The van der Waals surface area contributed by atoms with E-state index < -0.39 is 0 Å². The zero-order chi connectivity index (χ0) is 18.7. The smallest absolute Gasteiger partial charge is 0.191 e. The van der Waals surface area contributed by atoms with Gasteiger partial charge in [0.1, 0.15) is 0 Å². The molecular formula is C20H34N4O2. The molecule has 146 valence electrons. The molecule has 2 rings (SSSR count). The SMILES string of the molecule is CCNC(=NCC(C)(C)N1CCOCC1)NCCOCc1ccccc1. The summed E-state index contributed by atoms with van der Waals surface area (Å²) in [7, 11) is 0. The van der Waals surface area contributed by atoms with Gasteiger partial charge in [-0.25, -0.2) is 0 Å². The molecular weight excluding hydrogens is 328 g/mol. The second kappa shape index (κ2) is 11.2. The third kappa shape index (κ3) is 7.32. The van der Waals surface area contributed by atoms with Crippen molar-refractivity contribution in [3.8, 4) is 0 Å². The van der Waals surface area contributed by atoms with Crippen LogP contribution in [-0.4, -0.2) is 68.9 Å². The number of nitrogens with one attached hydrogen (secondary N) is 2. The Morgan fingerprint density at radius 2 is 1.92 bits per heavy atom. The molecule has 1 aliphatic heterocycles. The summed E-state index contributed by atoms with van der Waals surface area (Å²) >= 11 is 0. The van der Waals surface area contributed by atoms with Gasteiger partial charge in [-0.15, -0.1) is 0 Å². The van der Waals surface area contributed by atoms with E-state index >= 15 is 0 Å². The van der Waals surface area contributed by atoms with Crippen LogP contribution in [0.2, 0.25) is 0 Å². The van der Waals surface area contributed by atoms with Crippen LogP contribution in [0.4, 0.5) is 0 Å². The van der Waals surface area contributed by atoms with Crippen molar-refractivity contribution in [2.45, 2.75) is 32.9 Å². The maximum atomic E-state index is 5.72. The van der Waals surface area contributed by atoms with Crippen molar-refractivity contribution in [1.82, 2.24) is 15.5 Å². The summed E-state index contributed by atoms with van der Waals surface area (Å²) in [4.78, 5) is 7.22. The summed E-state index contributed by atoms with van der Waals surface area (Å²) in [5.41, 5.74) is 1.22. The molecule has 1 aromatic carbocycles. The van der Waals surface area contributed by atoms with E-state index in [1.165, 1.54) is 5.56 Å². The highest BCUT2D eigenvalue weighted by Crippen LogP contribution is 2.16. The Morgan fingerprint density at radius 3 is 2.62 bits per heavy atom. The summed E-state index contributed by atoms with van der Waals surface area (Å²) in [5, 5.41) is 6.66. The lowest BCUT2D eigenvalue weighted by Gasteiger charge is -2.39. The third-order valence-corrected chi connectivity index (χ3v) is 4.49. The molecule has 1 saturated heterocycles. The molecule has 2 N–H and O–H groups in total. The minimum absolute atomic E-state index is 0.0238. The molecule has 1 aliphatic rings. The van der Waals surface area contributed by atoms with Gasteiger partial charge in [0.25, 0.3) is 0 Å². The fourth-order valence-electron chi connectivity index (χ4n) is 2.89. The molecule has 6 nitrogen and oxygen atoms in total. The lowest BCUT2D eigenvalue weighted by Crippen LogP contribution is -2.52. The Balaban J connectivity index is 1.73. The molecule has 6 heteroatoms. The maximum absolute atomic E-state index is 5.72. The van der Waals surface area contributed by atoms with Gasteiger partial charge >= 0.3 is 0 Å². The topological polar surface area (TPSA) is 58.1 Å². The zero-order valence-electron chi connectivity index (χ0n) is 16.5. The number of hydrogen-bond donors (Lipinski definition) is 2. The number of rotatable bonds is 9. The van der Waals surface area contributed by atoms with E-state index in [9.17, 15) is 0 Å². The van der Waals surface area contributed by atoms with Crippen molar-refractivity contribution in [3.63, 3.8) is 0 Å². The van der Waals surface area contributed by atoms with Crippen LogP contribution in [0, 0.1) is 0 Å². The second-order valence-electron chi connectivity index (χ2n) is 7.07. The van der Waals surface area contributed by atoms with Crippen molar-refractivity contribution in [2.24, 2.45) is 4.99 Å². The Kier molecular flexibility index (Phi) is 8.88. The first-order valence-corrected chi connectivity index (χ1v) is 9.58. The first-order chi connectivity index (χ1) is 12.6. The van der Waals surface area contributed by atoms with Crippen LogP contribution in [0.1, 0.15) is 26.3 Å². The average Bonchev–Trinajstić information content (AvgIpc) is 2.67. The molecule has 0 radical (unpaired) electrons. The highest BCUT2D eigenvalue weighted by molar-refractivity contribution is 5.79. The maximum Gasteiger partial charge on any atom is 0.191 e. The molecule has 26 heavy (non-hydrogen) atoms. The zero-order valence-corrected chi connectivity index (χ0v) is 16.5. The van der Waals surface area contributed by atoms with Gasteiger partial charge in [0.15, 0.2) is 5.96 Å². The predicted molar refractivity (Wildman–Crippen MR) is 107 cm³/mol. The van der Waals surface area contributed by atoms with E-state index in [1.807, 2.05) is 18.2 Å². The lowest BCUT2D eigenvalue weighted by atomic mass is 10.0. The number of ether oxygens (including phenoxy) is 2. The van der Waals surface area contributed by atoms with Gasteiger partial charge in [0, 0.05) is 31.7 Å². The van der Waals surface area contributed by atoms with Crippen molar-refractivity contribution in [2.75, 3.05) is 52.5 Å². The quantitative estimate of drug-likeness (QED) is 0.399. The summed E-state index contributed by atoms with van der Waals surface area (Å²) in [5.74, 6) is 0.845. The van der Waals surface area contributed by atoms with E-state index in [0.29, 0.717) is 13.2 Å². The van der Waals surface area contributed by atoms with E-state index in [-0.39, 0.29) is 5.54 Å². The fourth-order valence-corrected chi connectivity index (χ4v) is 2.89. The molecule has 1 aromatic rings. The van der Waals surface area contributed by atoms with E-state index in [4.69, 9.17) is 14.5 Å². The Hall–Kier alpha value is -1.63. The first kappa shape index (κ1) is 20.7. The molecule has 0 unspecified atom stereocenters. The lowest BCUT2D eigenvalue weighted by molar-refractivity contribution is -0.00684. The van der Waals surface area contributed by atoms with Gasteiger partial charge in [0.2, 0.25) is 0 Å². The van der Waals surface area contributed by atoms with E-state index in [0.717, 1.165) is 51.9 Å². The highest BCUT2D eigenvalue weighted by atomic mass is 16.5. The molecule has 0 aromatic heterocycles. The van der Waals surface area contributed by atoms with Crippen LogP contribution in [0.5, 0.6) is 0 Å². The molecule has 1 fully saturated rings. The number of hydrogen-bond acceptors (Lipinski definition) is 4. The number of nitrogens with zero attached hydrogens (tertiary/aromatic N) is 2. The van der Waals surface area contributed by atoms with Gasteiger partial charge in [-0.1, -0.05) is 30.3 Å². The number of aliphatic imine (C=N–C) groups is 1. The Bertz CT molecular complexity index is 528. The second-order valence-corrected chi connectivity index (χ2v) is 7.07. The average molecular weight is 363 g/mol. The standard InChI is InChI=1S/C20H34N4O2/c1-4-21-19(22-10-13-26-16-18-8-6-5-7-9-18)23-17-20(2,3)24-11-14-25-15-12-24/h5-9H,4,10-17H2,1-3H3,(H2,21,22,23). The Morgan fingerprint density at radius 1 is 1.19 bits per heavy atom. The van der Waals surface area contributed by atoms with Gasteiger partial charge in [-0.05, 0) is 26.3 Å². The minimum Gasteiger partial charge on any atom is -0.379 e. The molecule has 0 bridgehead atoms. The van der Waals surface area contributed by atoms with Crippen LogP contribution in [0.3, 0.4) is 0 Å². The van der Waals surface area contributed by atoms with Crippen molar-refractivity contribution in [1.29, 1.82) is 0 Å². The van der Waals surface area contributed by atoms with Crippen LogP contribution in [0.15, 0.2) is 35.3 Å². The normalized spacial score (nSPS) is 16.5. The van der Waals surface area contributed by atoms with E-state index in [2.05, 4.69) is 48.4 Å². The molecule has 1 heterocycles. The van der Waals surface area contributed by atoms with Crippen LogP contribution >= 0.6 is 0 Å². The monoisotopic (exact) mass is 362 g/mol. The molecule has 0 aliphatic carbocycles. The summed E-state index contributed by atoms with van der Waals surface area (Å²) in [6.07, 6.45) is 0. The Labute approximate surface area is 158 Å². The minimum atomic E-state index is 0.0238. The van der Waals surface area contributed by atoms with Gasteiger partial charge in [-0.3, -0.25) is 9.89 Å². The predicted octanol–water partition coefficient (Wildman–Crippen LogP) is 1.87. The number of morpholine rings is 1. The summed E-state index contributed by atoms with van der Waals surface area (Å²) in [6.45, 7) is 13.7. The molecule has 0 spiro atoms. The molecule has 0 atom stereocenters. The third-order valence-electron chi connectivity index (χ3n) is 4.49. The van der Waals surface area contributed by atoms with Crippen molar-refractivity contribution < 1.29 is 9.47 Å². The van der Waals surface area contributed by atoms with E-state index in [1.54, 1.807) is 0 Å². The first-order valence-electron chi connectivity index (χ1n) is 9.58. The number of benzene rings is 1. The fraction of sp³-hybridized carbons (Fsp3) is 0.650. The molecule has 0 amide bonds. The summed E-state index contributed by atoms with van der Waals surface area (Å²) in [6, 6.07) is 10.2. The highest BCUT2D eigenvalue weighted by Gasteiger charge is 2.28. The van der Waals surface area contributed by atoms with Gasteiger partial charge in [0.05, 0.1) is 33.0 Å². The van der Waals surface area contributed by atoms with Crippen molar-refractivity contribution in [3.05, 3.63) is 35.9 Å². The number of guanidine groups is 1.